The number of halogens is 1. The summed E-state index contributed by atoms with van der Waals surface area (Å²) in [6.07, 6.45) is 9.05. The van der Waals surface area contributed by atoms with Crippen molar-refractivity contribution in [3.05, 3.63) is 41.3 Å². The van der Waals surface area contributed by atoms with Gasteiger partial charge in [-0.3, -0.25) is 9.48 Å². The summed E-state index contributed by atoms with van der Waals surface area (Å²) < 4.78 is 7.20. The molecule has 0 radical (unpaired) electrons. The maximum absolute atomic E-state index is 13.0. The molecule has 2 aliphatic heterocycles. The minimum atomic E-state index is 0.0180. The Morgan fingerprint density at radius 2 is 2.04 bits per heavy atom. The predicted octanol–water partition coefficient (Wildman–Crippen LogP) is 2.95. The molecule has 126 valence electrons. The highest BCUT2D eigenvalue weighted by molar-refractivity contribution is 6.30. The molecule has 0 aromatic carbocycles. The van der Waals surface area contributed by atoms with Gasteiger partial charge in [-0.15, -0.1) is 0 Å². The van der Waals surface area contributed by atoms with Crippen molar-refractivity contribution in [2.45, 2.75) is 43.8 Å². The van der Waals surface area contributed by atoms with E-state index in [0.717, 1.165) is 25.7 Å². The molecule has 4 rings (SSSR count). The molecular weight excluding hydrogens is 328 g/mol. The summed E-state index contributed by atoms with van der Waals surface area (Å²) in [5.41, 5.74) is 0.539. The molecule has 0 aliphatic carbocycles. The number of nitrogens with zero attached hydrogens (tertiary/aromatic N) is 4. The van der Waals surface area contributed by atoms with Crippen molar-refractivity contribution in [2.24, 2.45) is 0 Å². The van der Waals surface area contributed by atoms with Crippen molar-refractivity contribution in [1.29, 1.82) is 0 Å². The summed E-state index contributed by atoms with van der Waals surface area (Å²) in [5, 5.41) is 5.00. The van der Waals surface area contributed by atoms with Gasteiger partial charge < -0.3 is 9.64 Å². The summed E-state index contributed by atoms with van der Waals surface area (Å²) in [4.78, 5) is 19.2. The van der Waals surface area contributed by atoms with E-state index in [1.807, 2.05) is 15.8 Å². The van der Waals surface area contributed by atoms with Crippen LogP contribution in [0.1, 0.15) is 42.1 Å². The lowest BCUT2D eigenvalue weighted by atomic mass is 9.96. The molecule has 2 aliphatic rings. The lowest BCUT2D eigenvalue weighted by molar-refractivity contribution is 0.0520. The number of ether oxygens (including phenoxy) is 1. The second-order valence-electron chi connectivity index (χ2n) is 6.42. The number of fused-ring (bicyclic) bond motifs is 2. The van der Waals surface area contributed by atoms with E-state index in [9.17, 15) is 4.79 Å². The second kappa shape index (κ2) is 6.09. The first-order chi connectivity index (χ1) is 11.7. The summed E-state index contributed by atoms with van der Waals surface area (Å²) in [6, 6.07) is 4.32. The van der Waals surface area contributed by atoms with Crippen molar-refractivity contribution in [1.82, 2.24) is 19.7 Å². The number of aromatic nitrogens is 3. The third-order valence-corrected chi connectivity index (χ3v) is 5.28. The Bertz CT molecular complexity index is 749. The highest BCUT2D eigenvalue weighted by Crippen LogP contribution is 2.42. The van der Waals surface area contributed by atoms with Crippen LogP contribution in [0.4, 0.5) is 0 Å². The molecule has 2 aromatic heterocycles. The number of hydrogen-bond acceptors (Lipinski definition) is 4. The highest BCUT2D eigenvalue weighted by Gasteiger charge is 2.44. The molecule has 2 fully saturated rings. The minimum Gasteiger partial charge on any atom is -0.480 e. The molecule has 4 heterocycles. The summed E-state index contributed by atoms with van der Waals surface area (Å²) in [6.45, 7) is 0. The largest absolute Gasteiger partial charge is 0.480 e. The molecule has 7 heteroatoms. The molecule has 1 amide bonds. The van der Waals surface area contributed by atoms with Gasteiger partial charge in [-0.1, -0.05) is 11.6 Å². The molecular formula is C17H19ClN4O2. The number of pyridine rings is 1. The second-order valence-corrected chi connectivity index (χ2v) is 6.86. The van der Waals surface area contributed by atoms with Gasteiger partial charge in [-0.05, 0) is 37.8 Å². The molecule has 0 saturated carbocycles. The number of hydrogen-bond donors (Lipinski definition) is 0. The van der Waals surface area contributed by atoms with Gasteiger partial charge in [0.1, 0.15) is 5.56 Å². The van der Waals surface area contributed by atoms with Crippen LogP contribution >= 0.6 is 11.6 Å². The average molecular weight is 347 g/mol. The van der Waals surface area contributed by atoms with Gasteiger partial charge in [0.2, 0.25) is 5.88 Å². The first-order valence-corrected chi connectivity index (χ1v) is 8.56. The zero-order chi connectivity index (χ0) is 16.7. The van der Waals surface area contributed by atoms with Gasteiger partial charge in [0.25, 0.3) is 5.91 Å². The molecule has 6 nitrogen and oxygen atoms in total. The van der Waals surface area contributed by atoms with Crippen molar-refractivity contribution in [2.75, 3.05) is 7.11 Å². The maximum Gasteiger partial charge on any atom is 0.259 e. The molecule has 2 saturated heterocycles. The fraction of sp³-hybridized carbons (Fsp3) is 0.471. The molecule has 0 spiro atoms. The summed E-state index contributed by atoms with van der Waals surface area (Å²) in [5.74, 6) is 0.410. The zero-order valence-electron chi connectivity index (χ0n) is 13.4. The van der Waals surface area contributed by atoms with Crippen molar-refractivity contribution in [3.8, 4) is 5.88 Å². The van der Waals surface area contributed by atoms with Crippen LogP contribution in [-0.2, 0) is 0 Å². The van der Waals surface area contributed by atoms with Crippen LogP contribution < -0.4 is 4.74 Å². The standard InChI is InChI=1S/C17H19ClN4O2/c1-24-16-15(3-2-6-19-16)17(23)22-12-4-5-13(22)8-14(7-12)21-10-11(18)9-20-21/h2-3,6,9-10,12-14H,4-5,7-8H2,1H3. The Labute approximate surface area is 145 Å². The van der Waals surface area contributed by atoms with Crippen molar-refractivity contribution >= 4 is 17.5 Å². The molecule has 24 heavy (non-hydrogen) atoms. The Kier molecular flexibility index (Phi) is 3.92. The lowest BCUT2D eigenvalue weighted by Gasteiger charge is -2.39. The normalized spacial score (nSPS) is 25.8. The van der Waals surface area contributed by atoms with Crippen molar-refractivity contribution in [3.63, 3.8) is 0 Å². The fourth-order valence-corrected chi connectivity index (χ4v) is 4.21. The van der Waals surface area contributed by atoms with E-state index in [2.05, 4.69) is 10.1 Å². The number of carbonyl (C=O) groups is 1. The monoisotopic (exact) mass is 346 g/mol. The minimum absolute atomic E-state index is 0.0180. The molecule has 2 atom stereocenters. The Morgan fingerprint density at radius 1 is 1.29 bits per heavy atom. The van der Waals surface area contributed by atoms with E-state index in [-0.39, 0.29) is 18.0 Å². The first kappa shape index (κ1) is 15.4. The number of methoxy groups -OCH3 is 1. The van der Waals surface area contributed by atoms with Gasteiger partial charge >= 0.3 is 0 Å². The van der Waals surface area contributed by atoms with Crippen molar-refractivity contribution < 1.29 is 9.53 Å². The molecule has 2 bridgehead atoms. The van der Waals surface area contributed by atoms with Gasteiger partial charge in [-0.25, -0.2) is 4.98 Å². The smallest absolute Gasteiger partial charge is 0.259 e. The summed E-state index contributed by atoms with van der Waals surface area (Å²) in [7, 11) is 1.54. The lowest BCUT2D eigenvalue weighted by Crippen LogP contribution is -2.47. The van der Waals surface area contributed by atoms with Crippen LogP contribution in [0.25, 0.3) is 0 Å². The van der Waals surface area contributed by atoms with E-state index in [1.54, 1.807) is 31.6 Å². The molecule has 2 aromatic rings. The fourth-order valence-electron chi connectivity index (χ4n) is 4.07. The van der Waals surface area contributed by atoms with Gasteiger partial charge in [0.05, 0.1) is 24.4 Å². The van der Waals surface area contributed by atoms with Crippen LogP contribution in [0.2, 0.25) is 5.02 Å². The average Bonchev–Trinajstić information content (AvgIpc) is 3.15. The van der Waals surface area contributed by atoms with E-state index >= 15 is 0 Å². The zero-order valence-corrected chi connectivity index (χ0v) is 14.2. The Morgan fingerprint density at radius 3 is 2.67 bits per heavy atom. The van der Waals surface area contributed by atoms with Crippen LogP contribution in [-0.4, -0.2) is 44.8 Å². The van der Waals surface area contributed by atoms with E-state index in [4.69, 9.17) is 16.3 Å². The predicted molar refractivity (Wildman–Crippen MR) is 89.3 cm³/mol. The van der Waals surface area contributed by atoms with Gasteiger partial charge in [0.15, 0.2) is 0 Å². The summed E-state index contributed by atoms with van der Waals surface area (Å²) >= 11 is 5.99. The van der Waals surface area contributed by atoms with Crippen LogP contribution in [0.3, 0.4) is 0 Å². The quantitative estimate of drug-likeness (QED) is 0.857. The van der Waals surface area contributed by atoms with E-state index in [0.29, 0.717) is 22.5 Å². The number of piperidine rings is 1. The first-order valence-electron chi connectivity index (χ1n) is 8.18. The van der Waals surface area contributed by atoms with E-state index in [1.165, 1.54) is 0 Å². The Balaban J connectivity index is 1.57. The van der Waals surface area contributed by atoms with Crippen LogP contribution in [0.15, 0.2) is 30.7 Å². The maximum atomic E-state index is 13.0. The molecule has 2 unspecified atom stereocenters. The topological polar surface area (TPSA) is 60.2 Å². The third kappa shape index (κ3) is 2.55. The number of rotatable bonds is 3. The number of amides is 1. The SMILES string of the molecule is COc1ncccc1C(=O)N1C2CCC1CC(n1cc(Cl)cn1)C2. The third-order valence-electron chi connectivity index (χ3n) is 5.08. The van der Waals surface area contributed by atoms with Gasteiger partial charge in [0, 0.05) is 24.5 Å². The molecule has 0 N–H and O–H groups in total. The highest BCUT2D eigenvalue weighted by atomic mass is 35.5. The Hall–Kier alpha value is -2.08. The number of carbonyl (C=O) groups excluding carboxylic acids is 1. The van der Waals surface area contributed by atoms with Gasteiger partial charge in [-0.2, -0.15) is 5.10 Å². The van der Waals surface area contributed by atoms with Crippen LogP contribution in [0, 0.1) is 0 Å². The van der Waals surface area contributed by atoms with Crippen LogP contribution in [0.5, 0.6) is 5.88 Å². The van der Waals surface area contributed by atoms with E-state index < -0.39 is 0 Å².